The summed E-state index contributed by atoms with van der Waals surface area (Å²) in [4.78, 5) is 39.4. The number of methoxy groups -OCH3 is 1. The molecule has 0 aromatic heterocycles. The molecule has 29 heavy (non-hydrogen) atoms. The number of ether oxygens (including phenoxy) is 1. The molecule has 0 unspecified atom stereocenters. The summed E-state index contributed by atoms with van der Waals surface area (Å²) in [5, 5.41) is 0. The molecule has 6 heteroatoms. The van der Waals surface area contributed by atoms with Crippen molar-refractivity contribution in [2.24, 2.45) is 11.8 Å². The lowest BCUT2D eigenvalue weighted by Gasteiger charge is -2.38. The second-order valence-corrected chi connectivity index (χ2v) is 8.55. The molecule has 0 aliphatic heterocycles. The van der Waals surface area contributed by atoms with Crippen LogP contribution in [0.15, 0.2) is 12.1 Å². The van der Waals surface area contributed by atoms with E-state index in [-0.39, 0.29) is 34.9 Å². The topological polar surface area (TPSA) is 63.7 Å². The molecule has 0 saturated heterocycles. The highest BCUT2D eigenvalue weighted by Gasteiger charge is 2.36. The van der Waals surface area contributed by atoms with Crippen LogP contribution in [0.1, 0.15) is 74.2 Å². The van der Waals surface area contributed by atoms with Crippen LogP contribution >= 0.6 is 0 Å². The molecule has 0 bridgehead atoms. The molecule has 2 aliphatic carbocycles. The molecule has 0 heterocycles. The van der Waals surface area contributed by atoms with Gasteiger partial charge < -0.3 is 9.64 Å². The summed E-state index contributed by atoms with van der Waals surface area (Å²) >= 11 is 0. The van der Waals surface area contributed by atoms with Crippen LogP contribution in [-0.4, -0.2) is 30.8 Å². The second kappa shape index (κ2) is 9.06. The highest BCUT2D eigenvalue weighted by atomic mass is 19.1. The number of rotatable bonds is 4. The molecule has 0 radical (unpaired) electrons. The number of aryl methyl sites for hydroxylation is 1. The Hall–Kier alpha value is -2.24. The zero-order valence-electron chi connectivity index (χ0n) is 17.5. The van der Waals surface area contributed by atoms with E-state index in [1.165, 1.54) is 19.2 Å². The Labute approximate surface area is 171 Å². The highest BCUT2D eigenvalue weighted by molar-refractivity contribution is 6.04. The average Bonchev–Trinajstić information content (AvgIpc) is 2.71. The van der Waals surface area contributed by atoms with Crippen molar-refractivity contribution in [2.45, 2.75) is 71.3 Å². The maximum atomic E-state index is 14.5. The number of hydrogen-bond donors (Lipinski definition) is 0. The summed E-state index contributed by atoms with van der Waals surface area (Å²) in [5.74, 6) is -0.478. The van der Waals surface area contributed by atoms with E-state index >= 15 is 0 Å². The predicted molar refractivity (Wildman–Crippen MR) is 108 cm³/mol. The molecule has 0 N–H and O–H groups in total. The van der Waals surface area contributed by atoms with Crippen molar-refractivity contribution in [1.82, 2.24) is 0 Å². The number of ketones is 1. The van der Waals surface area contributed by atoms with Crippen molar-refractivity contribution in [1.29, 1.82) is 0 Å². The van der Waals surface area contributed by atoms with Crippen molar-refractivity contribution in [3.8, 4) is 0 Å². The highest BCUT2D eigenvalue weighted by Crippen LogP contribution is 2.36. The Bertz CT molecular complexity index is 788. The van der Waals surface area contributed by atoms with E-state index in [0.717, 1.165) is 25.7 Å². The maximum Gasteiger partial charge on any atom is 0.339 e. The molecule has 2 aliphatic rings. The zero-order valence-corrected chi connectivity index (χ0v) is 17.5. The Morgan fingerprint density at radius 3 is 2.28 bits per heavy atom. The van der Waals surface area contributed by atoms with Gasteiger partial charge in [0.05, 0.1) is 18.4 Å². The first-order chi connectivity index (χ1) is 13.8. The molecular formula is C23H30FNO4. The van der Waals surface area contributed by atoms with Gasteiger partial charge in [-0.2, -0.15) is 0 Å². The third-order valence-electron chi connectivity index (χ3n) is 6.42. The maximum absolute atomic E-state index is 14.5. The van der Waals surface area contributed by atoms with Gasteiger partial charge >= 0.3 is 5.97 Å². The van der Waals surface area contributed by atoms with Crippen LogP contribution in [-0.2, 0) is 14.3 Å². The van der Waals surface area contributed by atoms with Gasteiger partial charge in [-0.05, 0) is 69.1 Å². The first-order valence-corrected chi connectivity index (χ1v) is 10.5. The number of carbonyl (C=O) groups is 3. The summed E-state index contributed by atoms with van der Waals surface area (Å²) in [6, 6.07) is 2.51. The molecule has 2 fully saturated rings. The molecule has 1 aromatic rings. The number of benzene rings is 1. The number of Topliss-reactive ketones (excluding diaryl/α,β-unsaturated/α-hetero) is 1. The summed E-state index contributed by atoms with van der Waals surface area (Å²) in [6.07, 6.45) is 5.43. The number of amides is 1. The molecule has 5 nitrogen and oxygen atoms in total. The number of carbonyl (C=O) groups excluding carboxylic acids is 3. The first-order valence-electron chi connectivity index (χ1n) is 10.5. The molecule has 2 saturated carbocycles. The van der Waals surface area contributed by atoms with Crippen molar-refractivity contribution in [2.75, 3.05) is 12.0 Å². The first kappa shape index (κ1) is 21.5. The van der Waals surface area contributed by atoms with E-state index in [1.807, 2.05) is 0 Å². The Kier molecular flexibility index (Phi) is 6.70. The largest absolute Gasteiger partial charge is 0.465 e. The quantitative estimate of drug-likeness (QED) is 0.690. The fourth-order valence-corrected chi connectivity index (χ4v) is 4.53. The second-order valence-electron chi connectivity index (χ2n) is 8.55. The van der Waals surface area contributed by atoms with Crippen molar-refractivity contribution >= 4 is 23.3 Å². The number of esters is 1. The van der Waals surface area contributed by atoms with E-state index in [9.17, 15) is 18.8 Å². The molecule has 158 valence electrons. The van der Waals surface area contributed by atoms with Crippen LogP contribution in [0.3, 0.4) is 0 Å². The van der Waals surface area contributed by atoms with Crippen molar-refractivity contribution in [3.05, 3.63) is 29.1 Å². The summed E-state index contributed by atoms with van der Waals surface area (Å²) in [5.41, 5.74) is 0.788. The minimum atomic E-state index is -0.593. The Balaban J connectivity index is 2.03. The van der Waals surface area contributed by atoms with Gasteiger partial charge in [0.25, 0.3) is 0 Å². The van der Waals surface area contributed by atoms with Crippen molar-refractivity contribution < 1.29 is 23.5 Å². The van der Waals surface area contributed by atoms with Crippen LogP contribution in [0.2, 0.25) is 0 Å². The van der Waals surface area contributed by atoms with E-state index in [1.54, 1.807) is 11.8 Å². The van der Waals surface area contributed by atoms with Gasteiger partial charge in [-0.15, -0.1) is 0 Å². The lowest BCUT2D eigenvalue weighted by atomic mass is 9.81. The average molecular weight is 403 g/mol. The van der Waals surface area contributed by atoms with Gasteiger partial charge in [0.1, 0.15) is 11.6 Å². The lowest BCUT2D eigenvalue weighted by molar-refractivity contribution is -0.125. The summed E-state index contributed by atoms with van der Waals surface area (Å²) < 4.78 is 19.4. The third kappa shape index (κ3) is 4.68. The standard InChI is InChI=1S/C23H30FNO4/c1-14-4-6-16(7-5-14)22(27)25(17-8-10-18(26)11-9-17)21-13-20(24)15(2)12-19(21)23(28)29-3/h12-14,16-17H,4-11H2,1-3H3/t14-,16-. The van der Waals surface area contributed by atoms with Crippen LogP contribution in [0, 0.1) is 24.6 Å². The normalized spacial score (nSPS) is 23.0. The number of nitrogens with zero attached hydrogens (tertiary/aromatic N) is 1. The molecule has 1 amide bonds. The lowest BCUT2D eigenvalue weighted by Crippen LogP contribution is -2.47. The number of anilines is 1. The van der Waals surface area contributed by atoms with E-state index < -0.39 is 11.8 Å². The number of halogens is 1. The molecule has 1 aromatic carbocycles. The Morgan fingerprint density at radius 2 is 1.69 bits per heavy atom. The number of hydrogen-bond acceptors (Lipinski definition) is 4. The zero-order chi connectivity index (χ0) is 21.1. The van der Waals surface area contributed by atoms with Gasteiger partial charge in [0.2, 0.25) is 5.91 Å². The van der Waals surface area contributed by atoms with E-state index in [0.29, 0.717) is 37.2 Å². The van der Waals surface area contributed by atoms with Gasteiger partial charge in [0.15, 0.2) is 0 Å². The molecule has 0 atom stereocenters. The SMILES string of the molecule is COC(=O)c1cc(C)c(F)cc1N(C(=O)[C@H]1CC[C@H](C)CC1)C1CCC(=O)CC1. The predicted octanol–water partition coefficient (Wildman–Crippen LogP) is 4.59. The third-order valence-corrected chi connectivity index (χ3v) is 6.42. The van der Waals surface area contributed by atoms with Gasteiger partial charge in [-0.1, -0.05) is 6.92 Å². The minimum Gasteiger partial charge on any atom is -0.465 e. The van der Waals surface area contributed by atoms with Crippen LogP contribution in [0.4, 0.5) is 10.1 Å². The van der Waals surface area contributed by atoms with Gasteiger partial charge in [-0.25, -0.2) is 9.18 Å². The fourth-order valence-electron chi connectivity index (χ4n) is 4.53. The van der Waals surface area contributed by atoms with Gasteiger partial charge in [0, 0.05) is 24.8 Å². The fraction of sp³-hybridized carbons (Fsp3) is 0.609. The minimum absolute atomic E-state index is 0.0651. The van der Waals surface area contributed by atoms with Crippen LogP contribution in [0.5, 0.6) is 0 Å². The molecule has 0 spiro atoms. The van der Waals surface area contributed by atoms with Gasteiger partial charge in [-0.3, -0.25) is 9.59 Å². The van der Waals surface area contributed by atoms with E-state index in [2.05, 4.69) is 6.92 Å². The smallest absolute Gasteiger partial charge is 0.339 e. The van der Waals surface area contributed by atoms with E-state index in [4.69, 9.17) is 4.74 Å². The molecule has 3 rings (SSSR count). The monoisotopic (exact) mass is 403 g/mol. The summed E-state index contributed by atoms with van der Waals surface area (Å²) in [6.45, 7) is 3.77. The molecular weight excluding hydrogens is 373 g/mol. The summed E-state index contributed by atoms with van der Waals surface area (Å²) in [7, 11) is 1.28. The Morgan fingerprint density at radius 1 is 1.07 bits per heavy atom. The van der Waals surface area contributed by atoms with Crippen LogP contribution < -0.4 is 4.90 Å². The van der Waals surface area contributed by atoms with Crippen molar-refractivity contribution in [3.63, 3.8) is 0 Å². The van der Waals surface area contributed by atoms with Crippen LogP contribution in [0.25, 0.3) is 0 Å².